The summed E-state index contributed by atoms with van der Waals surface area (Å²) in [6.07, 6.45) is 1.08. The molecule has 2 unspecified atom stereocenters. The predicted octanol–water partition coefficient (Wildman–Crippen LogP) is 0.521. The van der Waals surface area contributed by atoms with E-state index in [0.29, 0.717) is 0 Å². The van der Waals surface area contributed by atoms with Crippen LogP contribution in [0.2, 0.25) is 0 Å². The van der Waals surface area contributed by atoms with E-state index in [4.69, 9.17) is 9.94 Å². The number of carbonyl (C=O) groups excluding carboxylic acids is 1. The molecular formula is C10H16N2O4. The van der Waals surface area contributed by atoms with Gasteiger partial charge in [-0.2, -0.15) is 0 Å². The van der Waals surface area contributed by atoms with E-state index in [0.717, 1.165) is 12.8 Å². The number of amides is 1. The second kappa shape index (κ2) is 5.48. The second-order valence-electron chi connectivity index (χ2n) is 3.84. The molecule has 0 aliphatic carbocycles. The number of carboxylic acids is 1. The maximum absolute atomic E-state index is 11.6. The van der Waals surface area contributed by atoms with Gasteiger partial charge in [-0.25, -0.2) is 4.79 Å². The van der Waals surface area contributed by atoms with Gasteiger partial charge in [0.05, 0.1) is 0 Å². The van der Waals surface area contributed by atoms with E-state index in [1.807, 2.05) is 13.8 Å². The van der Waals surface area contributed by atoms with E-state index in [9.17, 15) is 9.59 Å². The zero-order valence-corrected chi connectivity index (χ0v) is 9.40. The Kier molecular flexibility index (Phi) is 4.28. The van der Waals surface area contributed by atoms with Gasteiger partial charge in [0.15, 0.2) is 5.71 Å². The molecule has 0 aromatic carbocycles. The summed E-state index contributed by atoms with van der Waals surface area (Å²) in [6.45, 7) is 3.93. The Balaban J connectivity index is 2.38. The Hall–Kier alpha value is -1.59. The Bertz CT molecular complexity index is 314. The molecule has 1 aliphatic heterocycles. The van der Waals surface area contributed by atoms with Crippen molar-refractivity contribution in [2.75, 3.05) is 0 Å². The highest BCUT2D eigenvalue weighted by atomic mass is 16.6. The van der Waals surface area contributed by atoms with Crippen LogP contribution >= 0.6 is 0 Å². The fourth-order valence-electron chi connectivity index (χ4n) is 1.49. The summed E-state index contributed by atoms with van der Waals surface area (Å²) in [5, 5.41) is 14.7. The standard InChI is InChI=1S/C10H16N2O4/c1-3-4-6(2)11-9(13)8-5-7(10(14)15)12-16-8/h6,8H,3-5H2,1-2H3,(H,11,13)(H,14,15). The summed E-state index contributed by atoms with van der Waals surface area (Å²) in [7, 11) is 0. The van der Waals surface area contributed by atoms with Crippen molar-refractivity contribution in [2.24, 2.45) is 5.16 Å². The van der Waals surface area contributed by atoms with Crippen molar-refractivity contribution in [3.05, 3.63) is 0 Å². The van der Waals surface area contributed by atoms with E-state index in [-0.39, 0.29) is 24.1 Å². The molecule has 0 bridgehead atoms. The van der Waals surface area contributed by atoms with Crippen molar-refractivity contribution in [1.29, 1.82) is 0 Å². The number of carbonyl (C=O) groups is 2. The summed E-state index contributed by atoms with van der Waals surface area (Å²) < 4.78 is 0. The molecule has 1 rings (SSSR count). The van der Waals surface area contributed by atoms with Crippen LogP contribution in [0.5, 0.6) is 0 Å². The fraction of sp³-hybridized carbons (Fsp3) is 0.700. The maximum Gasteiger partial charge on any atom is 0.353 e. The molecule has 0 saturated heterocycles. The third kappa shape index (κ3) is 3.22. The average molecular weight is 228 g/mol. The first-order chi connectivity index (χ1) is 7.54. The monoisotopic (exact) mass is 228 g/mol. The topological polar surface area (TPSA) is 88.0 Å². The third-order valence-electron chi connectivity index (χ3n) is 2.32. The number of nitrogens with zero attached hydrogens (tertiary/aromatic N) is 1. The molecule has 0 saturated carbocycles. The van der Waals surface area contributed by atoms with Crippen LogP contribution < -0.4 is 5.32 Å². The van der Waals surface area contributed by atoms with Crippen LogP contribution in [0.15, 0.2) is 5.16 Å². The highest BCUT2D eigenvalue weighted by Crippen LogP contribution is 2.11. The highest BCUT2D eigenvalue weighted by Gasteiger charge is 2.31. The van der Waals surface area contributed by atoms with Crippen molar-refractivity contribution >= 4 is 17.6 Å². The van der Waals surface area contributed by atoms with E-state index >= 15 is 0 Å². The molecule has 0 fully saturated rings. The Labute approximate surface area is 93.6 Å². The molecule has 6 heteroatoms. The first-order valence-electron chi connectivity index (χ1n) is 5.31. The largest absolute Gasteiger partial charge is 0.477 e. The highest BCUT2D eigenvalue weighted by molar-refractivity contribution is 6.36. The van der Waals surface area contributed by atoms with Crippen molar-refractivity contribution < 1.29 is 19.5 Å². The minimum absolute atomic E-state index is 0.0278. The second-order valence-corrected chi connectivity index (χ2v) is 3.84. The van der Waals surface area contributed by atoms with Crippen LogP contribution in [-0.4, -0.2) is 34.8 Å². The fourth-order valence-corrected chi connectivity index (χ4v) is 1.49. The Morgan fingerprint density at radius 1 is 1.69 bits per heavy atom. The molecule has 1 heterocycles. The van der Waals surface area contributed by atoms with Gasteiger partial charge in [0.2, 0.25) is 6.10 Å². The quantitative estimate of drug-likeness (QED) is 0.718. The number of nitrogens with one attached hydrogen (secondary N) is 1. The number of rotatable bonds is 5. The lowest BCUT2D eigenvalue weighted by Gasteiger charge is -2.14. The number of hydrogen-bond donors (Lipinski definition) is 2. The summed E-state index contributed by atoms with van der Waals surface area (Å²) in [5.74, 6) is -1.45. The lowest BCUT2D eigenvalue weighted by molar-refractivity contribution is -0.131. The van der Waals surface area contributed by atoms with Gasteiger partial charge in [-0.15, -0.1) is 0 Å². The molecule has 1 aliphatic rings. The summed E-state index contributed by atoms with van der Waals surface area (Å²) >= 11 is 0. The van der Waals surface area contributed by atoms with Crippen LogP contribution in [-0.2, 0) is 14.4 Å². The minimum Gasteiger partial charge on any atom is -0.477 e. The van der Waals surface area contributed by atoms with Crippen LogP contribution in [0.1, 0.15) is 33.1 Å². The zero-order chi connectivity index (χ0) is 12.1. The normalized spacial score (nSPS) is 20.9. The van der Waals surface area contributed by atoms with E-state index in [2.05, 4.69) is 10.5 Å². The predicted molar refractivity (Wildman–Crippen MR) is 57.1 cm³/mol. The van der Waals surface area contributed by atoms with E-state index in [1.54, 1.807) is 0 Å². The smallest absolute Gasteiger partial charge is 0.353 e. The van der Waals surface area contributed by atoms with Gasteiger partial charge in [-0.1, -0.05) is 18.5 Å². The van der Waals surface area contributed by atoms with Crippen molar-refractivity contribution in [3.63, 3.8) is 0 Å². The number of hydrogen-bond acceptors (Lipinski definition) is 4. The molecular weight excluding hydrogens is 212 g/mol. The first-order valence-corrected chi connectivity index (χ1v) is 5.31. The molecule has 0 spiro atoms. The van der Waals surface area contributed by atoms with Crippen LogP contribution in [0, 0.1) is 0 Å². The molecule has 90 valence electrons. The van der Waals surface area contributed by atoms with Crippen molar-refractivity contribution in [2.45, 2.75) is 45.3 Å². The number of aliphatic carboxylic acids is 1. The summed E-state index contributed by atoms with van der Waals surface area (Å²) in [6, 6.07) is 0.0648. The van der Waals surface area contributed by atoms with Gasteiger partial charge in [-0.3, -0.25) is 4.79 Å². The molecule has 16 heavy (non-hydrogen) atoms. The molecule has 6 nitrogen and oxygen atoms in total. The Morgan fingerprint density at radius 3 is 2.88 bits per heavy atom. The average Bonchev–Trinajstić information content (AvgIpc) is 2.66. The Morgan fingerprint density at radius 2 is 2.38 bits per heavy atom. The molecule has 2 N–H and O–H groups in total. The van der Waals surface area contributed by atoms with Gasteiger partial charge >= 0.3 is 5.97 Å². The van der Waals surface area contributed by atoms with Crippen LogP contribution in [0.25, 0.3) is 0 Å². The van der Waals surface area contributed by atoms with E-state index in [1.165, 1.54) is 0 Å². The van der Waals surface area contributed by atoms with Gasteiger partial charge in [-0.05, 0) is 13.3 Å². The molecule has 1 amide bonds. The zero-order valence-electron chi connectivity index (χ0n) is 9.40. The van der Waals surface area contributed by atoms with Gasteiger partial charge in [0.25, 0.3) is 5.91 Å². The van der Waals surface area contributed by atoms with Crippen molar-refractivity contribution in [1.82, 2.24) is 5.32 Å². The SMILES string of the molecule is CCCC(C)NC(=O)C1CC(C(=O)O)=NO1. The van der Waals surface area contributed by atoms with Gasteiger partial charge < -0.3 is 15.3 Å². The first kappa shape index (κ1) is 12.5. The number of oxime groups is 1. The minimum atomic E-state index is -1.14. The van der Waals surface area contributed by atoms with Crippen LogP contribution in [0.4, 0.5) is 0 Å². The maximum atomic E-state index is 11.6. The third-order valence-corrected chi connectivity index (χ3v) is 2.32. The number of carboxylic acid groups (broad SMARTS) is 1. The molecule has 2 atom stereocenters. The van der Waals surface area contributed by atoms with Crippen LogP contribution in [0.3, 0.4) is 0 Å². The van der Waals surface area contributed by atoms with Gasteiger partial charge in [0, 0.05) is 12.5 Å². The lowest BCUT2D eigenvalue weighted by atomic mass is 10.1. The molecule has 0 aromatic heterocycles. The molecule has 0 radical (unpaired) electrons. The summed E-state index contributed by atoms with van der Waals surface area (Å²) in [5.41, 5.74) is -0.108. The summed E-state index contributed by atoms with van der Waals surface area (Å²) in [4.78, 5) is 26.9. The van der Waals surface area contributed by atoms with Gasteiger partial charge in [0.1, 0.15) is 0 Å². The molecule has 0 aromatic rings. The van der Waals surface area contributed by atoms with E-state index < -0.39 is 12.1 Å². The lowest BCUT2D eigenvalue weighted by Crippen LogP contribution is -2.40. The van der Waals surface area contributed by atoms with Crippen molar-refractivity contribution in [3.8, 4) is 0 Å².